The number of nitrogens with two attached hydrogens (primary N) is 1. The number of nitrogen functional groups attached to an aromatic ring is 1. The van der Waals surface area contributed by atoms with E-state index in [1.807, 2.05) is 0 Å². The lowest BCUT2D eigenvalue weighted by atomic mass is 10.0. The number of pyridine rings is 1. The third kappa shape index (κ3) is 4.49. The standard InChI is InChI=1S/C15H15F2N5O2.C5H11N/c1-15(2,23)13-10(24-3)5-11-19-6-9(22(11)21-13)12-7(16)4-8(17)14(18)20-12;1-5-2-3-6-4-5/h4-6,23H,1-3H3,(H2,18,20);5-6H,2-4H2,1H3. The summed E-state index contributed by atoms with van der Waals surface area (Å²) < 4.78 is 33.9. The Morgan fingerprint density at radius 3 is 2.57 bits per heavy atom. The van der Waals surface area contributed by atoms with E-state index in [0.717, 1.165) is 5.92 Å². The van der Waals surface area contributed by atoms with Crippen LogP contribution >= 0.6 is 0 Å². The van der Waals surface area contributed by atoms with E-state index < -0.39 is 23.1 Å². The maximum absolute atomic E-state index is 14.1. The Bertz CT molecular complexity index is 1040. The first kappa shape index (κ1) is 21.8. The van der Waals surface area contributed by atoms with E-state index >= 15 is 0 Å². The summed E-state index contributed by atoms with van der Waals surface area (Å²) in [5, 5.41) is 17.8. The molecule has 30 heavy (non-hydrogen) atoms. The number of nitrogens with zero attached hydrogens (tertiary/aromatic N) is 4. The van der Waals surface area contributed by atoms with Crippen molar-refractivity contribution in [3.05, 3.63) is 35.7 Å². The molecule has 0 amide bonds. The first-order chi connectivity index (χ1) is 14.1. The Hall–Kier alpha value is -2.85. The monoisotopic (exact) mass is 420 g/mol. The summed E-state index contributed by atoms with van der Waals surface area (Å²) in [5.41, 5.74) is 4.66. The highest BCUT2D eigenvalue weighted by Crippen LogP contribution is 2.31. The highest BCUT2D eigenvalue weighted by Gasteiger charge is 2.26. The van der Waals surface area contributed by atoms with Crippen molar-refractivity contribution in [2.75, 3.05) is 25.9 Å². The van der Waals surface area contributed by atoms with Gasteiger partial charge in [0.25, 0.3) is 0 Å². The number of fused-ring (bicyclic) bond motifs is 1. The number of hydrogen-bond donors (Lipinski definition) is 3. The van der Waals surface area contributed by atoms with Crippen LogP contribution in [0.25, 0.3) is 17.0 Å². The zero-order valence-electron chi connectivity index (χ0n) is 17.4. The van der Waals surface area contributed by atoms with Gasteiger partial charge in [-0.2, -0.15) is 5.10 Å². The zero-order chi connectivity index (χ0) is 22.1. The van der Waals surface area contributed by atoms with Crippen molar-refractivity contribution < 1.29 is 18.6 Å². The van der Waals surface area contributed by atoms with Crippen LogP contribution in [0.5, 0.6) is 5.75 Å². The summed E-state index contributed by atoms with van der Waals surface area (Å²) in [4.78, 5) is 7.85. The van der Waals surface area contributed by atoms with Gasteiger partial charge in [0, 0.05) is 12.1 Å². The van der Waals surface area contributed by atoms with Crippen LogP contribution in [0.15, 0.2) is 18.3 Å². The second-order valence-electron chi connectivity index (χ2n) is 7.82. The SMILES string of the molecule is CC1CCNC1.COc1cc2ncc(-c3nc(N)c(F)cc3F)n2nc1C(C)(C)O. The number of imidazole rings is 1. The van der Waals surface area contributed by atoms with Gasteiger partial charge in [0.05, 0.1) is 13.3 Å². The van der Waals surface area contributed by atoms with E-state index in [9.17, 15) is 13.9 Å². The number of rotatable bonds is 3. The molecular formula is C20H26F2N6O2. The number of halogens is 2. The molecule has 1 fully saturated rings. The molecule has 0 bridgehead atoms. The molecule has 1 unspecified atom stereocenters. The van der Waals surface area contributed by atoms with Gasteiger partial charge in [-0.15, -0.1) is 0 Å². The molecular weight excluding hydrogens is 394 g/mol. The van der Waals surface area contributed by atoms with E-state index in [1.54, 1.807) is 6.07 Å². The average Bonchev–Trinajstić information content (AvgIpc) is 3.32. The van der Waals surface area contributed by atoms with Gasteiger partial charge in [-0.3, -0.25) is 0 Å². The molecule has 8 nitrogen and oxygen atoms in total. The fraction of sp³-hybridized carbons (Fsp3) is 0.450. The van der Waals surface area contributed by atoms with Gasteiger partial charge in [0.1, 0.15) is 28.4 Å². The number of nitrogens with one attached hydrogen (secondary N) is 1. The molecule has 1 atom stereocenters. The van der Waals surface area contributed by atoms with Gasteiger partial charge >= 0.3 is 0 Å². The van der Waals surface area contributed by atoms with Crippen molar-refractivity contribution in [1.82, 2.24) is 24.9 Å². The summed E-state index contributed by atoms with van der Waals surface area (Å²) in [6, 6.07) is 2.20. The van der Waals surface area contributed by atoms with E-state index in [0.29, 0.717) is 17.5 Å². The number of aliphatic hydroxyl groups is 1. The van der Waals surface area contributed by atoms with Gasteiger partial charge in [-0.25, -0.2) is 23.3 Å². The molecule has 4 heterocycles. The van der Waals surface area contributed by atoms with Crippen molar-refractivity contribution in [3.63, 3.8) is 0 Å². The smallest absolute Gasteiger partial charge is 0.168 e. The molecule has 3 aromatic rings. The molecule has 4 N–H and O–H groups in total. The molecule has 1 saturated heterocycles. The molecule has 4 rings (SSSR count). The summed E-state index contributed by atoms with van der Waals surface area (Å²) in [7, 11) is 1.44. The second-order valence-corrected chi connectivity index (χ2v) is 7.82. The fourth-order valence-electron chi connectivity index (χ4n) is 3.10. The van der Waals surface area contributed by atoms with E-state index in [2.05, 4.69) is 27.3 Å². The van der Waals surface area contributed by atoms with E-state index in [4.69, 9.17) is 10.5 Å². The molecule has 1 aliphatic rings. The predicted molar refractivity (Wildman–Crippen MR) is 109 cm³/mol. The summed E-state index contributed by atoms with van der Waals surface area (Å²) in [6.45, 7) is 7.82. The number of ether oxygens (including phenoxy) is 1. The van der Waals surface area contributed by atoms with Crippen LogP contribution in [0.4, 0.5) is 14.6 Å². The quantitative estimate of drug-likeness (QED) is 0.597. The van der Waals surface area contributed by atoms with Crippen molar-refractivity contribution in [1.29, 1.82) is 0 Å². The van der Waals surface area contributed by atoms with E-state index in [-0.39, 0.29) is 17.1 Å². The maximum atomic E-state index is 14.1. The molecule has 1 aliphatic heterocycles. The lowest BCUT2D eigenvalue weighted by Crippen LogP contribution is -2.20. The zero-order valence-corrected chi connectivity index (χ0v) is 17.4. The van der Waals surface area contributed by atoms with Crippen LogP contribution in [0, 0.1) is 17.6 Å². The molecule has 0 spiro atoms. The minimum absolute atomic E-state index is 0.169. The largest absolute Gasteiger partial charge is 0.495 e. The van der Waals surface area contributed by atoms with Gasteiger partial charge in [-0.1, -0.05) is 6.92 Å². The third-order valence-corrected chi connectivity index (χ3v) is 4.76. The van der Waals surface area contributed by atoms with Gasteiger partial charge in [0.15, 0.2) is 23.1 Å². The minimum Gasteiger partial charge on any atom is -0.495 e. The first-order valence-corrected chi connectivity index (χ1v) is 9.60. The second kappa shape index (κ2) is 8.49. The Morgan fingerprint density at radius 2 is 2.03 bits per heavy atom. The number of aromatic nitrogens is 4. The van der Waals surface area contributed by atoms with Crippen molar-refractivity contribution in [2.24, 2.45) is 5.92 Å². The molecule has 0 aromatic carbocycles. The van der Waals surface area contributed by atoms with Gasteiger partial charge in [-0.05, 0) is 39.3 Å². The van der Waals surface area contributed by atoms with Crippen molar-refractivity contribution in [3.8, 4) is 17.1 Å². The maximum Gasteiger partial charge on any atom is 0.168 e. The highest BCUT2D eigenvalue weighted by atomic mass is 19.1. The molecule has 162 valence electrons. The Balaban J connectivity index is 0.000000367. The number of anilines is 1. The fourth-order valence-corrected chi connectivity index (χ4v) is 3.10. The van der Waals surface area contributed by atoms with Gasteiger partial charge in [0.2, 0.25) is 0 Å². The first-order valence-electron chi connectivity index (χ1n) is 9.60. The summed E-state index contributed by atoms with van der Waals surface area (Å²) in [6.07, 6.45) is 2.71. The van der Waals surface area contributed by atoms with Crippen LogP contribution < -0.4 is 15.8 Å². The number of hydrogen-bond acceptors (Lipinski definition) is 7. The minimum atomic E-state index is -1.31. The molecule has 0 saturated carbocycles. The summed E-state index contributed by atoms with van der Waals surface area (Å²) in [5.74, 6) is -1.01. The Kier molecular flexibility index (Phi) is 6.18. The number of methoxy groups -OCH3 is 1. The Morgan fingerprint density at radius 1 is 1.30 bits per heavy atom. The van der Waals surface area contributed by atoms with Crippen molar-refractivity contribution in [2.45, 2.75) is 32.8 Å². The van der Waals surface area contributed by atoms with Crippen LogP contribution in [0.1, 0.15) is 32.9 Å². The average molecular weight is 420 g/mol. The predicted octanol–water partition coefficient (Wildman–Crippen LogP) is 2.50. The van der Waals surface area contributed by atoms with Crippen LogP contribution in [-0.2, 0) is 5.60 Å². The molecule has 3 aromatic heterocycles. The van der Waals surface area contributed by atoms with Gasteiger partial charge < -0.3 is 20.9 Å². The summed E-state index contributed by atoms with van der Waals surface area (Å²) >= 11 is 0. The molecule has 0 radical (unpaired) electrons. The van der Waals surface area contributed by atoms with Crippen LogP contribution in [-0.4, -0.2) is 44.9 Å². The topological polar surface area (TPSA) is 111 Å². The van der Waals surface area contributed by atoms with Crippen LogP contribution in [0.2, 0.25) is 0 Å². The normalized spacial score (nSPS) is 16.4. The van der Waals surface area contributed by atoms with Crippen molar-refractivity contribution >= 4 is 11.5 Å². The van der Waals surface area contributed by atoms with E-state index in [1.165, 1.54) is 51.2 Å². The lowest BCUT2D eigenvalue weighted by molar-refractivity contribution is 0.0694. The lowest BCUT2D eigenvalue weighted by Gasteiger charge is -2.19. The highest BCUT2D eigenvalue weighted by molar-refractivity contribution is 5.62. The third-order valence-electron chi connectivity index (χ3n) is 4.76. The molecule has 0 aliphatic carbocycles. The molecule has 10 heteroatoms. The van der Waals surface area contributed by atoms with Crippen LogP contribution in [0.3, 0.4) is 0 Å². The Labute approximate surface area is 173 Å².